The van der Waals surface area contributed by atoms with E-state index in [-0.39, 0.29) is 5.75 Å². The summed E-state index contributed by atoms with van der Waals surface area (Å²) in [6, 6.07) is 5.63. The van der Waals surface area contributed by atoms with Crippen LogP contribution in [0.1, 0.15) is 0 Å². The van der Waals surface area contributed by atoms with E-state index < -0.39 is 5.82 Å². The van der Waals surface area contributed by atoms with Crippen molar-refractivity contribution >= 4 is 5.69 Å². The molecule has 2 rings (SSSR count). The lowest BCUT2D eigenvalue weighted by Gasteiger charge is -2.05. The van der Waals surface area contributed by atoms with Gasteiger partial charge in [0.05, 0.1) is 5.69 Å². The van der Waals surface area contributed by atoms with E-state index in [1.165, 1.54) is 18.2 Å². The van der Waals surface area contributed by atoms with Crippen molar-refractivity contribution in [1.82, 2.24) is 9.78 Å². The standard InChI is InChI=1S/C10H10FN3O/c1-14-5-4-10(13-14)15-9-6-7(11)2-3-8(9)12/h2-6H,12H2,1H3. The molecule has 0 aliphatic heterocycles. The van der Waals surface area contributed by atoms with Crippen molar-refractivity contribution in [3.8, 4) is 11.6 Å². The quantitative estimate of drug-likeness (QED) is 0.765. The Hall–Kier alpha value is -2.04. The largest absolute Gasteiger partial charge is 0.435 e. The average Bonchev–Trinajstić information content (AvgIpc) is 2.58. The minimum atomic E-state index is -0.393. The molecule has 0 aliphatic carbocycles. The zero-order valence-electron chi connectivity index (χ0n) is 8.14. The van der Waals surface area contributed by atoms with E-state index in [0.717, 1.165) is 0 Å². The number of hydrogen-bond donors (Lipinski definition) is 1. The van der Waals surface area contributed by atoms with E-state index >= 15 is 0 Å². The minimum Gasteiger partial charge on any atom is -0.435 e. The molecule has 0 radical (unpaired) electrons. The second kappa shape index (κ2) is 3.61. The van der Waals surface area contributed by atoms with E-state index in [9.17, 15) is 4.39 Å². The van der Waals surface area contributed by atoms with Gasteiger partial charge in [0, 0.05) is 25.4 Å². The zero-order chi connectivity index (χ0) is 10.8. The minimum absolute atomic E-state index is 0.272. The summed E-state index contributed by atoms with van der Waals surface area (Å²) in [7, 11) is 1.77. The number of hydrogen-bond acceptors (Lipinski definition) is 3. The predicted octanol–water partition coefficient (Wildman–Crippen LogP) is 1.93. The summed E-state index contributed by atoms with van der Waals surface area (Å²) in [6.45, 7) is 0. The molecule has 0 spiro atoms. The van der Waals surface area contributed by atoms with Gasteiger partial charge in [-0.25, -0.2) is 4.39 Å². The summed E-state index contributed by atoms with van der Waals surface area (Å²) < 4.78 is 19.8. The molecule has 1 aromatic heterocycles. The third kappa shape index (κ3) is 2.07. The zero-order valence-corrected chi connectivity index (χ0v) is 8.14. The second-order valence-electron chi connectivity index (χ2n) is 3.11. The number of nitrogens with two attached hydrogens (primary N) is 1. The third-order valence-corrected chi connectivity index (χ3v) is 1.88. The lowest BCUT2D eigenvalue weighted by Crippen LogP contribution is -1.94. The first kappa shape index (κ1) is 9.51. The Bertz CT molecular complexity index is 481. The SMILES string of the molecule is Cn1ccc(Oc2cc(F)ccc2N)n1. The molecule has 0 saturated heterocycles. The number of halogens is 1. The van der Waals surface area contributed by atoms with Crippen LogP contribution < -0.4 is 10.5 Å². The molecule has 5 heteroatoms. The third-order valence-electron chi connectivity index (χ3n) is 1.88. The predicted molar refractivity (Wildman–Crippen MR) is 54.1 cm³/mol. The summed E-state index contributed by atoms with van der Waals surface area (Å²) in [4.78, 5) is 0. The van der Waals surface area contributed by atoms with Crippen LogP contribution in [0.4, 0.5) is 10.1 Å². The molecule has 0 aliphatic rings. The number of benzene rings is 1. The van der Waals surface area contributed by atoms with E-state index in [4.69, 9.17) is 10.5 Å². The molecule has 2 N–H and O–H groups in total. The maximum Gasteiger partial charge on any atom is 0.238 e. The molecule has 0 unspecified atom stereocenters. The van der Waals surface area contributed by atoms with Crippen LogP contribution in [0.15, 0.2) is 30.5 Å². The van der Waals surface area contributed by atoms with Crippen LogP contribution in [0.25, 0.3) is 0 Å². The summed E-state index contributed by atoms with van der Waals surface area (Å²) in [6.07, 6.45) is 1.73. The summed E-state index contributed by atoms with van der Waals surface area (Å²) in [5, 5.41) is 3.99. The smallest absolute Gasteiger partial charge is 0.238 e. The number of anilines is 1. The molecule has 0 bridgehead atoms. The fourth-order valence-electron chi connectivity index (χ4n) is 1.16. The highest BCUT2D eigenvalue weighted by atomic mass is 19.1. The lowest BCUT2D eigenvalue weighted by molar-refractivity contribution is 0.452. The second-order valence-corrected chi connectivity index (χ2v) is 3.11. The van der Waals surface area contributed by atoms with Crippen molar-refractivity contribution < 1.29 is 9.13 Å². The van der Waals surface area contributed by atoms with Crippen LogP contribution in [0.2, 0.25) is 0 Å². The molecular formula is C10H10FN3O. The van der Waals surface area contributed by atoms with Gasteiger partial charge in [-0.2, -0.15) is 0 Å². The molecule has 4 nitrogen and oxygen atoms in total. The Morgan fingerprint density at radius 1 is 1.40 bits per heavy atom. The van der Waals surface area contributed by atoms with Crippen LogP contribution in [0.5, 0.6) is 11.6 Å². The topological polar surface area (TPSA) is 53.1 Å². The van der Waals surface area contributed by atoms with Gasteiger partial charge >= 0.3 is 0 Å². The molecular weight excluding hydrogens is 197 g/mol. The molecule has 15 heavy (non-hydrogen) atoms. The highest BCUT2D eigenvalue weighted by Crippen LogP contribution is 2.26. The lowest BCUT2D eigenvalue weighted by atomic mass is 10.3. The Balaban J connectivity index is 2.27. The van der Waals surface area contributed by atoms with Gasteiger partial charge in [-0.1, -0.05) is 0 Å². The van der Waals surface area contributed by atoms with Crippen LogP contribution >= 0.6 is 0 Å². The van der Waals surface area contributed by atoms with Gasteiger partial charge in [0.15, 0.2) is 5.75 Å². The van der Waals surface area contributed by atoms with E-state index in [1.54, 1.807) is 24.0 Å². The van der Waals surface area contributed by atoms with Crippen molar-refractivity contribution in [3.05, 3.63) is 36.3 Å². The number of ether oxygens (including phenoxy) is 1. The van der Waals surface area contributed by atoms with Gasteiger partial charge in [0.25, 0.3) is 0 Å². The summed E-state index contributed by atoms with van der Waals surface area (Å²) in [5.41, 5.74) is 5.99. The Labute approximate surface area is 86.1 Å². The monoisotopic (exact) mass is 207 g/mol. The average molecular weight is 207 g/mol. The molecule has 1 heterocycles. The maximum absolute atomic E-state index is 12.9. The molecule has 2 aromatic rings. The first-order valence-corrected chi connectivity index (χ1v) is 4.37. The van der Waals surface area contributed by atoms with Crippen LogP contribution in [0.3, 0.4) is 0 Å². The number of nitrogens with zero attached hydrogens (tertiary/aromatic N) is 2. The Kier molecular flexibility index (Phi) is 2.29. The van der Waals surface area contributed by atoms with E-state index in [1.807, 2.05) is 0 Å². The first-order valence-electron chi connectivity index (χ1n) is 4.37. The van der Waals surface area contributed by atoms with Crippen molar-refractivity contribution in [2.75, 3.05) is 5.73 Å². The first-order chi connectivity index (χ1) is 7.15. The van der Waals surface area contributed by atoms with Crippen molar-refractivity contribution in [1.29, 1.82) is 0 Å². The van der Waals surface area contributed by atoms with Crippen molar-refractivity contribution in [3.63, 3.8) is 0 Å². The van der Waals surface area contributed by atoms with E-state index in [2.05, 4.69) is 5.10 Å². The summed E-state index contributed by atoms with van der Waals surface area (Å²) in [5.74, 6) is 0.263. The van der Waals surface area contributed by atoms with Gasteiger partial charge in [-0.3, -0.25) is 4.68 Å². The Morgan fingerprint density at radius 3 is 2.87 bits per heavy atom. The van der Waals surface area contributed by atoms with Gasteiger partial charge in [0.2, 0.25) is 5.88 Å². The molecule has 0 fully saturated rings. The van der Waals surface area contributed by atoms with E-state index in [0.29, 0.717) is 11.6 Å². The summed E-state index contributed by atoms with van der Waals surface area (Å²) >= 11 is 0. The van der Waals surface area contributed by atoms with Crippen LogP contribution in [-0.2, 0) is 7.05 Å². The number of nitrogen functional groups attached to an aromatic ring is 1. The van der Waals surface area contributed by atoms with Gasteiger partial charge in [0.1, 0.15) is 5.82 Å². The fraction of sp³-hybridized carbons (Fsp3) is 0.100. The molecule has 1 aromatic carbocycles. The van der Waals surface area contributed by atoms with Gasteiger partial charge in [-0.15, -0.1) is 5.10 Å². The van der Waals surface area contributed by atoms with Crippen LogP contribution in [0, 0.1) is 5.82 Å². The Morgan fingerprint density at radius 2 is 2.20 bits per heavy atom. The number of aromatic nitrogens is 2. The number of rotatable bonds is 2. The maximum atomic E-state index is 12.9. The van der Waals surface area contributed by atoms with Crippen LogP contribution in [-0.4, -0.2) is 9.78 Å². The highest BCUT2D eigenvalue weighted by molar-refractivity contribution is 5.53. The molecule has 0 saturated carbocycles. The van der Waals surface area contributed by atoms with Crippen molar-refractivity contribution in [2.24, 2.45) is 7.05 Å². The van der Waals surface area contributed by atoms with Gasteiger partial charge < -0.3 is 10.5 Å². The normalized spacial score (nSPS) is 10.3. The molecule has 0 atom stereocenters. The number of aryl methyl sites for hydroxylation is 1. The highest BCUT2D eigenvalue weighted by Gasteiger charge is 2.05. The molecule has 0 amide bonds. The fourth-order valence-corrected chi connectivity index (χ4v) is 1.16. The van der Waals surface area contributed by atoms with Gasteiger partial charge in [-0.05, 0) is 12.1 Å². The van der Waals surface area contributed by atoms with Crippen molar-refractivity contribution in [2.45, 2.75) is 0 Å². The molecule has 78 valence electrons.